The van der Waals surface area contributed by atoms with Crippen LogP contribution in [0.25, 0.3) is 0 Å². The Kier molecular flexibility index (Phi) is 4.96. The fourth-order valence-corrected chi connectivity index (χ4v) is 3.09. The first-order chi connectivity index (χ1) is 11.3. The van der Waals surface area contributed by atoms with Crippen molar-refractivity contribution in [1.82, 2.24) is 5.32 Å². The molecule has 1 amide bonds. The van der Waals surface area contributed by atoms with Crippen molar-refractivity contribution >= 4 is 5.91 Å². The SMILES string of the molecule is COc1ccc(CCNC(=O)c2ccc3c(c2)CCCC3)cc1. The quantitative estimate of drug-likeness (QED) is 0.917. The summed E-state index contributed by atoms with van der Waals surface area (Å²) >= 11 is 0. The van der Waals surface area contributed by atoms with Crippen molar-refractivity contribution in [3.8, 4) is 5.75 Å². The molecule has 120 valence electrons. The van der Waals surface area contributed by atoms with Crippen molar-refractivity contribution in [1.29, 1.82) is 0 Å². The van der Waals surface area contributed by atoms with Gasteiger partial charge in [0, 0.05) is 12.1 Å². The van der Waals surface area contributed by atoms with E-state index in [1.165, 1.54) is 29.5 Å². The number of fused-ring (bicyclic) bond motifs is 1. The van der Waals surface area contributed by atoms with E-state index in [0.29, 0.717) is 6.54 Å². The van der Waals surface area contributed by atoms with E-state index >= 15 is 0 Å². The second kappa shape index (κ2) is 7.32. The molecule has 2 aromatic carbocycles. The fourth-order valence-electron chi connectivity index (χ4n) is 3.09. The summed E-state index contributed by atoms with van der Waals surface area (Å²) in [7, 11) is 1.66. The molecule has 0 radical (unpaired) electrons. The summed E-state index contributed by atoms with van der Waals surface area (Å²) in [6.45, 7) is 0.641. The van der Waals surface area contributed by atoms with E-state index in [2.05, 4.69) is 17.4 Å². The van der Waals surface area contributed by atoms with Crippen molar-refractivity contribution in [3.63, 3.8) is 0 Å². The Morgan fingerprint density at radius 2 is 1.78 bits per heavy atom. The van der Waals surface area contributed by atoms with Gasteiger partial charge < -0.3 is 10.1 Å². The smallest absolute Gasteiger partial charge is 0.251 e. The molecule has 23 heavy (non-hydrogen) atoms. The predicted octanol–water partition coefficient (Wildman–Crippen LogP) is 3.55. The summed E-state index contributed by atoms with van der Waals surface area (Å²) in [5.74, 6) is 0.874. The Labute approximate surface area is 137 Å². The zero-order valence-corrected chi connectivity index (χ0v) is 13.6. The van der Waals surface area contributed by atoms with Gasteiger partial charge in [-0.1, -0.05) is 18.2 Å². The summed E-state index contributed by atoms with van der Waals surface area (Å²) in [5.41, 5.74) is 4.72. The van der Waals surface area contributed by atoms with Gasteiger partial charge in [-0.05, 0) is 73.1 Å². The highest BCUT2D eigenvalue weighted by Crippen LogP contribution is 2.22. The number of hydrogen-bond donors (Lipinski definition) is 1. The lowest BCUT2D eigenvalue weighted by molar-refractivity contribution is 0.0954. The molecule has 1 aliphatic carbocycles. The fraction of sp³-hybridized carbons (Fsp3) is 0.350. The Balaban J connectivity index is 1.54. The van der Waals surface area contributed by atoms with Crippen LogP contribution < -0.4 is 10.1 Å². The van der Waals surface area contributed by atoms with Crippen molar-refractivity contribution < 1.29 is 9.53 Å². The number of benzene rings is 2. The van der Waals surface area contributed by atoms with Gasteiger partial charge in [-0.2, -0.15) is 0 Å². The lowest BCUT2D eigenvalue weighted by Crippen LogP contribution is -2.26. The summed E-state index contributed by atoms with van der Waals surface area (Å²) in [4.78, 5) is 12.3. The predicted molar refractivity (Wildman–Crippen MR) is 92.1 cm³/mol. The van der Waals surface area contributed by atoms with Gasteiger partial charge in [0.1, 0.15) is 5.75 Å². The minimum atomic E-state index is 0.0203. The maximum absolute atomic E-state index is 12.3. The van der Waals surface area contributed by atoms with Gasteiger partial charge in [-0.25, -0.2) is 0 Å². The van der Waals surface area contributed by atoms with E-state index in [-0.39, 0.29) is 5.91 Å². The van der Waals surface area contributed by atoms with Gasteiger partial charge >= 0.3 is 0 Å². The molecule has 0 saturated carbocycles. The van der Waals surface area contributed by atoms with E-state index in [1.54, 1.807) is 7.11 Å². The van der Waals surface area contributed by atoms with Gasteiger partial charge in [-0.3, -0.25) is 4.79 Å². The third-order valence-electron chi connectivity index (χ3n) is 4.47. The van der Waals surface area contributed by atoms with Crippen LogP contribution in [0.2, 0.25) is 0 Å². The highest BCUT2D eigenvalue weighted by molar-refractivity contribution is 5.94. The van der Waals surface area contributed by atoms with Gasteiger partial charge in [0.2, 0.25) is 0 Å². The second-order valence-corrected chi connectivity index (χ2v) is 6.04. The monoisotopic (exact) mass is 309 g/mol. The third-order valence-corrected chi connectivity index (χ3v) is 4.47. The van der Waals surface area contributed by atoms with Crippen molar-refractivity contribution in [2.45, 2.75) is 32.1 Å². The van der Waals surface area contributed by atoms with Gasteiger partial charge in [0.25, 0.3) is 5.91 Å². The van der Waals surface area contributed by atoms with Crippen LogP contribution in [0, 0.1) is 0 Å². The first-order valence-corrected chi connectivity index (χ1v) is 8.29. The van der Waals surface area contributed by atoms with Crippen LogP contribution in [-0.4, -0.2) is 19.6 Å². The lowest BCUT2D eigenvalue weighted by atomic mass is 9.90. The van der Waals surface area contributed by atoms with Crippen molar-refractivity contribution in [2.75, 3.05) is 13.7 Å². The van der Waals surface area contributed by atoms with Gasteiger partial charge in [-0.15, -0.1) is 0 Å². The summed E-state index contributed by atoms with van der Waals surface area (Å²) in [5, 5.41) is 3.01. The number of amides is 1. The zero-order chi connectivity index (χ0) is 16.1. The molecule has 0 aliphatic heterocycles. The highest BCUT2D eigenvalue weighted by Gasteiger charge is 2.12. The number of aryl methyl sites for hydroxylation is 2. The highest BCUT2D eigenvalue weighted by atomic mass is 16.5. The average molecular weight is 309 g/mol. The maximum atomic E-state index is 12.3. The van der Waals surface area contributed by atoms with Crippen LogP contribution in [0.5, 0.6) is 5.75 Å². The molecule has 0 bridgehead atoms. The van der Waals surface area contributed by atoms with E-state index < -0.39 is 0 Å². The number of hydrogen-bond acceptors (Lipinski definition) is 2. The Morgan fingerprint density at radius 1 is 1.04 bits per heavy atom. The molecule has 1 aliphatic rings. The summed E-state index contributed by atoms with van der Waals surface area (Å²) in [6.07, 6.45) is 5.56. The van der Waals surface area contributed by atoms with Crippen molar-refractivity contribution in [3.05, 3.63) is 64.7 Å². The number of carbonyl (C=O) groups excluding carboxylic acids is 1. The number of rotatable bonds is 5. The molecule has 0 fully saturated rings. The molecule has 3 nitrogen and oxygen atoms in total. The molecular weight excluding hydrogens is 286 g/mol. The Bertz CT molecular complexity index is 677. The number of methoxy groups -OCH3 is 1. The largest absolute Gasteiger partial charge is 0.497 e. The second-order valence-electron chi connectivity index (χ2n) is 6.04. The van der Waals surface area contributed by atoms with Crippen LogP contribution in [0.4, 0.5) is 0 Å². The first-order valence-electron chi connectivity index (χ1n) is 8.29. The molecular formula is C20H23NO2. The maximum Gasteiger partial charge on any atom is 0.251 e. The normalized spacial score (nSPS) is 13.3. The standard InChI is InChI=1S/C20H23NO2/c1-23-19-10-6-15(7-11-19)12-13-21-20(22)18-9-8-16-4-2-3-5-17(16)14-18/h6-11,14H,2-5,12-13H2,1H3,(H,21,22). The molecule has 0 unspecified atom stereocenters. The summed E-state index contributed by atoms with van der Waals surface area (Å²) in [6, 6.07) is 14.1. The van der Waals surface area contributed by atoms with Crippen LogP contribution in [0.3, 0.4) is 0 Å². The molecule has 3 heteroatoms. The molecule has 3 rings (SSSR count). The molecule has 0 heterocycles. The number of carbonyl (C=O) groups is 1. The van der Waals surface area contributed by atoms with Crippen molar-refractivity contribution in [2.24, 2.45) is 0 Å². The minimum absolute atomic E-state index is 0.0203. The Morgan fingerprint density at radius 3 is 2.52 bits per heavy atom. The van der Waals surface area contributed by atoms with Crippen LogP contribution in [-0.2, 0) is 19.3 Å². The van der Waals surface area contributed by atoms with Crippen LogP contribution in [0.15, 0.2) is 42.5 Å². The van der Waals surface area contributed by atoms with Gasteiger partial charge in [0.15, 0.2) is 0 Å². The van der Waals surface area contributed by atoms with Gasteiger partial charge in [0.05, 0.1) is 7.11 Å². The number of nitrogens with one attached hydrogen (secondary N) is 1. The van der Waals surface area contributed by atoms with E-state index in [0.717, 1.165) is 30.6 Å². The topological polar surface area (TPSA) is 38.3 Å². The van der Waals surface area contributed by atoms with E-state index in [1.807, 2.05) is 30.3 Å². The summed E-state index contributed by atoms with van der Waals surface area (Å²) < 4.78 is 5.15. The molecule has 0 saturated heterocycles. The lowest BCUT2D eigenvalue weighted by Gasteiger charge is -2.16. The van der Waals surface area contributed by atoms with Crippen LogP contribution in [0.1, 0.15) is 39.9 Å². The number of ether oxygens (including phenoxy) is 1. The molecule has 0 atom stereocenters. The van der Waals surface area contributed by atoms with E-state index in [9.17, 15) is 4.79 Å². The zero-order valence-electron chi connectivity index (χ0n) is 13.6. The average Bonchev–Trinajstić information content (AvgIpc) is 2.61. The van der Waals surface area contributed by atoms with E-state index in [4.69, 9.17) is 4.74 Å². The molecule has 2 aromatic rings. The molecule has 0 spiro atoms. The molecule has 1 N–H and O–H groups in total. The first kappa shape index (κ1) is 15.6. The van der Waals surface area contributed by atoms with Crippen LogP contribution >= 0.6 is 0 Å². The molecule has 0 aromatic heterocycles. The minimum Gasteiger partial charge on any atom is -0.497 e. The third kappa shape index (κ3) is 3.92. The Hall–Kier alpha value is -2.29.